The van der Waals surface area contributed by atoms with Crippen molar-refractivity contribution in [2.24, 2.45) is 0 Å². The largest absolute Gasteiger partial charge is 0.0619 e. The Kier molecular flexibility index (Phi) is 2.54. The first-order chi connectivity index (χ1) is 6.45. The molecule has 0 saturated carbocycles. The third-order valence-electron chi connectivity index (χ3n) is 2.71. The van der Waals surface area contributed by atoms with Gasteiger partial charge >= 0.3 is 0 Å². The molecule has 0 fully saturated rings. The SMILES string of the molecule is [Ir].c1ccc2c(c1)Cc1ccccc1-2. The van der Waals surface area contributed by atoms with E-state index < -0.39 is 0 Å². The average Bonchev–Trinajstić information content (AvgIpc) is 2.56. The summed E-state index contributed by atoms with van der Waals surface area (Å²) in [6.07, 6.45) is 1.10. The van der Waals surface area contributed by atoms with Crippen LogP contribution < -0.4 is 0 Å². The molecule has 1 aliphatic carbocycles. The van der Waals surface area contributed by atoms with E-state index in [0.717, 1.165) is 6.42 Å². The van der Waals surface area contributed by atoms with E-state index >= 15 is 0 Å². The smallest absolute Gasteiger partial charge is 0 e. The van der Waals surface area contributed by atoms with Crippen LogP contribution in [0.2, 0.25) is 0 Å². The predicted molar refractivity (Wildman–Crippen MR) is 54.7 cm³/mol. The number of fused-ring (bicyclic) bond motifs is 3. The number of hydrogen-bond acceptors (Lipinski definition) is 0. The van der Waals surface area contributed by atoms with Crippen molar-refractivity contribution in [2.75, 3.05) is 0 Å². The quantitative estimate of drug-likeness (QED) is 0.579. The van der Waals surface area contributed by atoms with Crippen molar-refractivity contribution < 1.29 is 20.1 Å². The number of hydrogen-bond donors (Lipinski definition) is 0. The van der Waals surface area contributed by atoms with Gasteiger partial charge in [0.15, 0.2) is 0 Å². The summed E-state index contributed by atoms with van der Waals surface area (Å²) in [7, 11) is 0. The number of rotatable bonds is 0. The molecule has 0 aliphatic heterocycles. The second kappa shape index (κ2) is 3.68. The summed E-state index contributed by atoms with van der Waals surface area (Å²) < 4.78 is 0. The van der Waals surface area contributed by atoms with E-state index in [0.29, 0.717) is 0 Å². The molecule has 2 aromatic rings. The van der Waals surface area contributed by atoms with Gasteiger partial charge in [0.05, 0.1) is 0 Å². The van der Waals surface area contributed by atoms with Crippen LogP contribution in [0.25, 0.3) is 11.1 Å². The molecule has 0 N–H and O–H groups in total. The maximum Gasteiger partial charge on any atom is 0 e. The first kappa shape index (κ1) is 9.64. The fraction of sp³-hybridized carbons (Fsp3) is 0.0769. The van der Waals surface area contributed by atoms with E-state index in [9.17, 15) is 0 Å². The van der Waals surface area contributed by atoms with Gasteiger partial charge in [-0.3, -0.25) is 0 Å². The molecular formula is C13H10Ir. The summed E-state index contributed by atoms with van der Waals surface area (Å²) in [5, 5.41) is 0. The molecule has 0 amide bonds. The normalized spacial score (nSPS) is 11.4. The molecule has 0 heterocycles. The van der Waals surface area contributed by atoms with Crippen LogP contribution in [-0.4, -0.2) is 0 Å². The summed E-state index contributed by atoms with van der Waals surface area (Å²) in [6.45, 7) is 0. The third kappa shape index (κ3) is 1.33. The molecule has 1 heteroatoms. The van der Waals surface area contributed by atoms with Crippen LogP contribution in [0.3, 0.4) is 0 Å². The Balaban J connectivity index is 0.000000750. The van der Waals surface area contributed by atoms with Crippen LogP contribution in [0, 0.1) is 0 Å². The molecule has 71 valence electrons. The summed E-state index contributed by atoms with van der Waals surface area (Å²) in [5.41, 5.74) is 5.75. The van der Waals surface area contributed by atoms with Gasteiger partial charge < -0.3 is 0 Å². The van der Waals surface area contributed by atoms with E-state index in [2.05, 4.69) is 48.5 Å². The van der Waals surface area contributed by atoms with Gasteiger partial charge in [0.1, 0.15) is 0 Å². The minimum Gasteiger partial charge on any atom is -0.0619 e. The van der Waals surface area contributed by atoms with Crippen LogP contribution in [0.15, 0.2) is 48.5 Å². The molecule has 1 aliphatic rings. The Morgan fingerprint density at radius 2 is 1.07 bits per heavy atom. The zero-order valence-corrected chi connectivity index (χ0v) is 10.1. The van der Waals surface area contributed by atoms with Crippen molar-refractivity contribution in [3.63, 3.8) is 0 Å². The molecule has 0 nitrogen and oxygen atoms in total. The van der Waals surface area contributed by atoms with Crippen molar-refractivity contribution in [3.05, 3.63) is 59.7 Å². The van der Waals surface area contributed by atoms with Gasteiger partial charge in [0.2, 0.25) is 0 Å². The van der Waals surface area contributed by atoms with Crippen molar-refractivity contribution in [3.8, 4) is 11.1 Å². The van der Waals surface area contributed by atoms with Crippen molar-refractivity contribution in [1.29, 1.82) is 0 Å². The van der Waals surface area contributed by atoms with Crippen LogP contribution in [0.1, 0.15) is 11.1 Å². The summed E-state index contributed by atoms with van der Waals surface area (Å²) in [4.78, 5) is 0. The van der Waals surface area contributed by atoms with Crippen LogP contribution in [0.5, 0.6) is 0 Å². The standard InChI is InChI=1S/C13H10.Ir/c1-3-7-12-10(5-1)9-11-6-2-4-8-13(11)12;/h1-8H,9H2;. The maximum absolute atomic E-state index is 2.22. The molecule has 0 saturated heterocycles. The fourth-order valence-corrected chi connectivity index (χ4v) is 2.08. The first-order valence-electron chi connectivity index (χ1n) is 4.61. The molecule has 0 aromatic heterocycles. The van der Waals surface area contributed by atoms with Crippen LogP contribution in [-0.2, 0) is 26.5 Å². The molecule has 2 aromatic carbocycles. The Morgan fingerprint density at radius 3 is 1.57 bits per heavy atom. The molecule has 0 atom stereocenters. The molecular weight excluding hydrogens is 348 g/mol. The maximum atomic E-state index is 2.22. The van der Waals surface area contributed by atoms with Gasteiger partial charge in [-0.2, -0.15) is 0 Å². The molecule has 3 rings (SSSR count). The minimum atomic E-state index is 0. The topological polar surface area (TPSA) is 0 Å². The first-order valence-corrected chi connectivity index (χ1v) is 4.61. The van der Waals surface area contributed by atoms with Crippen LogP contribution in [0.4, 0.5) is 0 Å². The number of benzene rings is 2. The zero-order valence-electron chi connectivity index (χ0n) is 7.66. The molecule has 14 heavy (non-hydrogen) atoms. The van der Waals surface area contributed by atoms with E-state index in [-0.39, 0.29) is 20.1 Å². The monoisotopic (exact) mass is 359 g/mol. The second-order valence-corrected chi connectivity index (χ2v) is 3.49. The van der Waals surface area contributed by atoms with E-state index in [4.69, 9.17) is 0 Å². The molecule has 1 radical (unpaired) electrons. The van der Waals surface area contributed by atoms with Crippen LogP contribution >= 0.6 is 0 Å². The molecule has 0 spiro atoms. The summed E-state index contributed by atoms with van der Waals surface area (Å²) in [6, 6.07) is 17.3. The summed E-state index contributed by atoms with van der Waals surface area (Å²) >= 11 is 0. The molecule has 0 bridgehead atoms. The Hall–Kier alpha value is -0.911. The van der Waals surface area contributed by atoms with Gasteiger partial charge in [0.25, 0.3) is 0 Å². The fourth-order valence-electron chi connectivity index (χ4n) is 2.08. The Bertz CT molecular complexity index is 417. The van der Waals surface area contributed by atoms with Gasteiger partial charge in [-0.1, -0.05) is 48.5 Å². The van der Waals surface area contributed by atoms with Gasteiger partial charge in [-0.25, -0.2) is 0 Å². The third-order valence-corrected chi connectivity index (χ3v) is 2.71. The second-order valence-electron chi connectivity index (χ2n) is 3.49. The van der Waals surface area contributed by atoms with E-state index in [1.165, 1.54) is 22.3 Å². The van der Waals surface area contributed by atoms with Gasteiger partial charge in [-0.15, -0.1) is 0 Å². The minimum absolute atomic E-state index is 0. The van der Waals surface area contributed by atoms with Crippen molar-refractivity contribution in [1.82, 2.24) is 0 Å². The van der Waals surface area contributed by atoms with E-state index in [1.807, 2.05) is 0 Å². The summed E-state index contributed by atoms with van der Waals surface area (Å²) in [5.74, 6) is 0. The Labute approximate surface area is 97.3 Å². The van der Waals surface area contributed by atoms with Crippen molar-refractivity contribution >= 4 is 0 Å². The predicted octanol–water partition coefficient (Wildman–Crippen LogP) is 3.26. The van der Waals surface area contributed by atoms with Gasteiger partial charge in [0, 0.05) is 20.1 Å². The van der Waals surface area contributed by atoms with Crippen molar-refractivity contribution in [2.45, 2.75) is 6.42 Å². The van der Waals surface area contributed by atoms with Gasteiger partial charge in [-0.05, 0) is 28.7 Å². The zero-order chi connectivity index (χ0) is 8.67. The molecule has 0 unspecified atom stereocenters. The Morgan fingerprint density at radius 1 is 0.643 bits per heavy atom. The van der Waals surface area contributed by atoms with E-state index in [1.54, 1.807) is 0 Å². The average molecular weight is 358 g/mol.